The van der Waals surface area contributed by atoms with E-state index in [0.29, 0.717) is 0 Å². The zero-order valence-corrected chi connectivity index (χ0v) is 6.87. The van der Waals surface area contributed by atoms with Crippen LogP contribution in [-0.4, -0.2) is 0 Å². The summed E-state index contributed by atoms with van der Waals surface area (Å²) in [6, 6.07) is 1.41. The molecule has 0 unspecified atom stereocenters. The second kappa shape index (κ2) is 3.66. The smallest absolute Gasteiger partial charge is 0.166 e. The maximum atomic E-state index is 12.9. The summed E-state index contributed by atoms with van der Waals surface area (Å²) in [6.07, 6.45) is -0.730. The molecule has 0 fully saturated rings. The van der Waals surface area contributed by atoms with Gasteiger partial charge in [0, 0.05) is 11.1 Å². The molecule has 0 amide bonds. The van der Waals surface area contributed by atoms with Gasteiger partial charge in [-0.1, -0.05) is 0 Å². The molecule has 14 heavy (non-hydrogen) atoms. The topological polar surface area (TPSA) is 23.8 Å². The van der Waals surface area contributed by atoms with Crippen LogP contribution in [0.15, 0.2) is 0 Å². The third kappa shape index (κ3) is 1.43. The molecule has 5 heteroatoms. The number of hydrogen-bond acceptors (Lipinski definition) is 1. The molecule has 0 spiro atoms. The molecule has 0 aliphatic carbocycles. The normalized spacial score (nSPS) is 10.0. The lowest BCUT2D eigenvalue weighted by atomic mass is 10.1. The first kappa shape index (κ1) is 10.5. The zero-order valence-electron chi connectivity index (χ0n) is 6.87. The van der Waals surface area contributed by atoms with Crippen molar-refractivity contribution in [3.8, 4) is 6.07 Å². The van der Waals surface area contributed by atoms with E-state index in [0.717, 1.165) is 0 Å². The number of rotatable bonds is 1. The highest BCUT2D eigenvalue weighted by Crippen LogP contribution is 2.23. The van der Waals surface area contributed by atoms with Gasteiger partial charge in [0.2, 0.25) is 0 Å². The summed E-state index contributed by atoms with van der Waals surface area (Å²) in [5.41, 5.74) is -1.88. The Kier molecular flexibility index (Phi) is 2.75. The summed E-state index contributed by atoms with van der Waals surface area (Å²) in [5, 5.41) is 8.18. The molecular formula is C9H4F4N. The SMILES string of the molecule is [CH2]c1c(F)c(F)c(CC#N)c(F)c1F. The van der Waals surface area contributed by atoms with Crippen molar-refractivity contribution in [3.05, 3.63) is 41.3 Å². The summed E-state index contributed by atoms with van der Waals surface area (Å²) in [4.78, 5) is 0. The van der Waals surface area contributed by atoms with Crippen LogP contribution in [0.1, 0.15) is 11.1 Å². The Bertz CT molecular complexity index is 391. The lowest BCUT2D eigenvalue weighted by Gasteiger charge is -2.06. The van der Waals surface area contributed by atoms with Gasteiger partial charge < -0.3 is 0 Å². The van der Waals surface area contributed by atoms with Gasteiger partial charge in [-0.05, 0) is 6.92 Å². The third-order valence-corrected chi connectivity index (χ3v) is 1.70. The van der Waals surface area contributed by atoms with Crippen molar-refractivity contribution in [3.63, 3.8) is 0 Å². The van der Waals surface area contributed by atoms with Crippen molar-refractivity contribution < 1.29 is 17.6 Å². The van der Waals surface area contributed by atoms with Crippen LogP contribution < -0.4 is 0 Å². The average Bonchev–Trinajstić information content (AvgIpc) is 2.19. The van der Waals surface area contributed by atoms with E-state index in [2.05, 4.69) is 6.92 Å². The minimum absolute atomic E-state index is 0.730. The van der Waals surface area contributed by atoms with Gasteiger partial charge in [0.15, 0.2) is 23.3 Å². The molecule has 1 rings (SSSR count). The molecule has 0 aromatic heterocycles. The molecule has 0 saturated carbocycles. The van der Waals surface area contributed by atoms with Gasteiger partial charge >= 0.3 is 0 Å². The largest absolute Gasteiger partial charge is 0.203 e. The molecule has 0 atom stereocenters. The summed E-state index contributed by atoms with van der Waals surface area (Å²) in [6.45, 7) is 2.83. The lowest BCUT2D eigenvalue weighted by Crippen LogP contribution is -2.05. The molecule has 0 saturated heterocycles. The maximum absolute atomic E-state index is 12.9. The molecule has 0 bridgehead atoms. The van der Waals surface area contributed by atoms with Crippen LogP contribution in [-0.2, 0) is 6.42 Å². The molecule has 0 N–H and O–H groups in total. The lowest BCUT2D eigenvalue weighted by molar-refractivity contribution is 0.438. The predicted molar refractivity (Wildman–Crippen MR) is 40.1 cm³/mol. The first-order chi connectivity index (χ1) is 6.50. The van der Waals surface area contributed by atoms with E-state index < -0.39 is 40.8 Å². The molecule has 0 heterocycles. The highest BCUT2D eigenvalue weighted by atomic mass is 19.2. The fourth-order valence-electron chi connectivity index (χ4n) is 0.957. The van der Waals surface area contributed by atoms with Crippen molar-refractivity contribution in [1.29, 1.82) is 5.26 Å². The van der Waals surface area contributed by atoms with Gasteiger partial charge in [-0.15, -0.1) is 0 Å². The molecule has 1 aromatic carbocycles. The van der Waals surface area contributed by atoms with Crippen molar-refractivity contribution >= 4 is 0 Å². The van der Waals surface area contributed by atoms with Crippen LogP contribution in [0.2, 0.25) is 0 Å². The minimum Gasteiger partial charge on any atom is -0.203 e. The third-order valence-electron chi connectivity index (χ3n) is 1.70. The first-order valence-corrected chi connectivity index (χ1v) is 3.54. The minimum atomic E-state index is -1.56. The van der Waals surface area contributed by atoms with Crippen molar-refractivity contribution in [1.82, 2.24) is 0 Å². The first-order valence-electron chi connectivity index (χ1n) is 3.54. The van der Waals surface area contributed by atoms with Gasteiger partial charge in [0.25, 0.3) is 0 Å². The number of nitrogens with zero attached hydrogens (tertiary/aromatic N) is 1. The summed E-state index contributed by atoms with van der Waals surface area (Å²) >= 11 is 0. The number of halogens is 4. The van der Waals surface area contributed by atoms with Gasteiger partial charge in [-0.25, -0.2) is 17.6 Å². The Hall–Kier alpha value is -1.57. The van der Waals surface area contributed by atoms with E-state index in [1.165, 1.54) is 6.07 Å². The van der Waals surface area contributed by atoms with Gasteiger partial charge in [0.05, 0.1) is 12.5 Å². The van der Waals surface area contributed by atoms with Crippen LogP contribution in [0.5, 0.6) is 0 Å². The van der Waals surface area contributed by atoms with Crippen molar-refractivity contribution in [2.45, 2.75) is 6.42 Å². The zero-order chi connectivity index (χ0) is 10.9. The Morgan fingerprint density at radius 2 is 1.43 bits per heavy atom. The van der Waals surface area contributed by atoms with E-state index >= 15 is 0 Å². The second-order valence-corrected chi connectivity index (χ2v) is 2.55. The van der Waals surface area contributed by atoms with Crippen molar-refractivity contribution in [2.24, 2.45) is 0 Å². The standard InChI is InChI=1S/C9H4F4N/c1-4-6(10)8(12)5(2-3-14)9(13)7(4)11/h1-2H2. The molecule has 73 valence electrons. The molecular weight excluding hydrogens is 198 g/mol. The average molecular weight is 202 g/mol. The second-order valence-electron chi connectivity index (χ2n) is 2.55. The summed E-state index contributed by atoms with van der Waals surface area (Å²) < 4.78 is 51.4. The molecule has 0 aliphatic rings. The van der Waals surface area contributed by atoms with E-state index in [4.69, 9.17) is 5.26 Å². The van der Waals surface area contributed by atoms with Gasteiger partial charge in [-0.2, -0.15) is 5.26 Å². The van der Waals surface area contributed by atoms with Gasteiger partial charge in [0.1, 0.15) is 0 Å². The monoisotopic (exact) mass is 202 g/mol. The van der Waals surface area contributed by atoms with Crippen LogP contribution >= 0.6 is 0 Å². The number of nitriles is 1. The van der Waals surface area contributed by atoms with Crippen LogP contribution in [0, 0.1) is 41.5 Å². The van der Waals surface area contributed by atoms with E-state index in [-0.39, 0.29) is 0 Å². The Morgan fingerprint density at radius 3 is 1.79 bits per heavy atom. The fraction of sp³-hybridized carbons (Fsp3) is 0.111. The van der Waals surface area contributed by atoms with E-state index in [1.54, 1.807) is 0 Å². The predicted octanol–water partition coefficient (Wildman–Crippen LogP) is 2.49. The van der Waals surface area contributed by atoms with Gasteiger partial charge in [-0.3, -0.25) is 0 Å². The number of hydrogen-bond donors (Lipinski definition) is 0. The highest BCUT2D eigenvalue weighted by molar-refractivity contribution is 5.32. The van der Waals surface area contributed by atoms with Crippen LogP contribution in [0.4, 0.5) is 17.6 Å². The van der Waals surface area contributed by atoms with E-state index in [9.17, 15) is 17.6 Å². The summed E-state index contributed by atoms with van der Waals surface area (Å²) in [5.74, 6) is -6.24. The van der Waals surface area contributed by atoms with E-state index in [1.807, 2.05) is 0 Å². The number of benzene rings is 1. The Labute approximate surface area is 77.6 Å². The van der Waals surface area contributed by atoms with Crippen LogP contribution in [0.25, 0.3) is 0 Å². The maximum Gasteiger partial charge on any atom is 0.166 e. The molecule has 1 radical (unpaired) electrons. The van der Waals surface area contributed by atoms with Crippen LogP contribution in [0.3, 0.4) is 0 Å². The Balaban J connectivity index is 3.53. The Morgan fingerprint density at radius 1 is 1.00 bits per heavy atom. The molecule has 0 aliphatic heterocycles. The highest BCUT2D eigenvalue weighted by Gasteiger charge is 2.22. The molecule has 1 nitrogen and oxygen atoms in total. The fourth-order valence-corrected chi connectivity index (χ4v) is 0.957. The summed E-state index contributed by atoms with van der Waals surface area (Å²) in [7, 11) is 0. The molecule has 1 aromatic rings. The van der Waals surface area contributed by atoms with Crippen molar-refractivity contribution in [2.75, 3.05) is 0 Å². The quantitative estimate of drug-likeness (QED) is 0.507.